The van der Waals surface area contributed by atoms with E-state index >= 15 is 0 Å². The number of hydrogen-bond acceptors (Lipinski definition) is 7. The Balaban J connectivity index is 2.56. The summed E-state index contributed by atoms with van der Waals surface area (Å²) in [6.07, 6.45) is 2.78. The van der Waals surface area contributed by atoms with Crippen molar-refractivity contribution >= 4 is 17.8 Å². The summed E-state index contributed by atoms with van der Waals surface area (Å²) in [5.74, 6) is -2.45. The number of ketones is 1. The van der Waals surface area contributed by atoms with Gasteiger partial charge in [-0.05, 0) is 11.6 Å². The van der Waals surface area contributed by atoms with Crippen molar-refractivity contribution in [3.63, 3.8) is 0 Å². The molecular formula is C19H20O7. The molecule has 2 rings (SSSR count). The average Bonchev–Trinajstić information content (AvgIpc) is 2.94. The maximum absolute atomic E-state index is 12.8. The molecule has 26 heavy (non-hydrogen) atoms. The minimum atomic E-state index is -2.06. The van der Waals surface area contributed by atoms with Crippen molar-refractivity contribution in [3.8, 4) is 0 Å². The van der Waals surface area contributed by atoms with Crippen molar-refractivity contribution < 1.29 is 33.6 Å². The molecule has 1 N–H and O–H groups in total. The Hall–Kier alpha value is -3.06. The van der Waals surface area contributed by atoms with Gasteiger partial charge in [0.1, 0.15) is 0 Å². The maximum Gasteiger partial charge on any atom is 0.351 e. The van der Waals surface area contributed by atoms with Crippen LogP contribution in [0.5, 0.6) is 0 Å². The van der Waals surface area contributed by atoms with Crippen LogP contribution in [0.2, 0.25) is 0 Å². The van der Waals surface area contributed by atoms with Crippen LogP contribution >= 0.6 is 0 Å². The number of methoxy groups -OCH3 is 4. The zero-order chi connectivity index (χ0) is 19.3. The van der Waals surface area contributed by atoms with Gasteiger partial charge in [-0.2, -0.15) is 0 Å². The Kier molecular flexibility index (Phi) is 5.84. The monoisotopic (exact) mass is 360 g/mol. The molecule has 1 aromatic carbocycles. The van der Waals surface area contributed by atoms with Gasteiger partial charge in [-0.3, -0.25) is 4.79 Å². The molecule has 0 bridgehead atoms. The normalized spacial score (nSPS) is 19.8. The first-order valence-corrected chi connectivity index (χ1v) is 7.65. The van der Waals surface area contributed by atoms with Gasteiger partial charge in [0.25, 0.3) is 5.60 Å². The minimum absolute atomic E-state index is 0.164. The summed E-state index contributed by atoms with van der Waals surface area (Å²) in [7, 11) is 4.89. The van der Waals surface area contributed by atoms with Gasteiger partial charge in [-0.1, -0.05) is 36.4 Å². The van der Waals surface area contributed by atoms with Gasteiger partial charge in [-0.25, -0.2) is 4.79 Å². The maximum atomic E-state index is 12.8. The molecule has 7 heteroatoms. The predicted octanol–water partition coefficient (Wildman–Crippen LogP) is 2.16. The molecule has 138 valence electrons. The van der Waals surface area contributed by atoms with Crippen molar-refractivity contribution in [2.45, 2.75) is 5.60 Å². The second-order valence-electron chi connectivity index (χ2n) is 5.28. The van der Waals surface area contributed by atoms with Gasteiger partial charge in [0.05, 0.1) is 26.9 Å². The largest absolute Gasteiger partial charge is 0.504 e. The SMILES string of the molecule is COC(=O)C1(OC)C(OC)=C(OC)C(O)=C1C(=O)C=Cc1ccccc1. The van der Waals surface area contributed by atoms with Crippen LogP contribution in [0.4, 0.5) is 0 Å². The van der Waals surface area contributed by atoms with E-state index in [9.17, 15) is 14.7 Å². The van der Waals surface area contributed by atoms with Crippen molar-refractivity contribution in [1.82, 2.24) is 0 Å². The molecule has 0 saturated heterocycles. The van der Waals surface area contributed by atoms with Crippen LogP contribution in [0.25, 0.3) is 6.08 Å². The van der Waals surface area contributed by atoms with Crippen LogP contribution in [-0.4, -0.2) is 50.9 Å². The number of ether oxygens (including phenoxy) is 4. The number of rotatable bonds is 7. The number of hydrogen-bond donors (Lipinski definition) is 1. The third-order valence-corrected chi connectivity index (χ3v) is 3.99. The summed E-state index contributed by atoms with van der Waals surface area (Å²) in [5, 5.41) is 10.5. The van der Waals surface area contributed by atoms with Crippen LogP contribution in [-0.2, 0) is 28.5 Å². The van der Waals surface area contributed by atoms with Crippen LogP contribution in [0.3, 0.4) is 0 Å². The van der Waals surface area contributed by atoms with E-state index in [1.165, 1.54) is 27.4 Å². The fraction of sp³-hybridized carbons (Fsp3) is 0.263. The van der Waals surface area contributed by atoms with Crippen LogP contribution < -0.4 is 0 Å². The molecule has 0 radical (unpaired) electrons. The lowest BCUT2D eigenvalue weighted by Gasteiger charge is -2.28. The molecule has 0 aliphatic heterocycles. The molecule has 0 aromatic heterocycles. The minimum Gasteiger partial charge on any atom is -0.504 e. The second kappa shape index (κ2) is 7.88. The second-order valence-corrected chi connectivity index (χ2v) is 5.28. The number of allylic oxidation sites excluding steroid dienone is 1. The Bertz CT molecular complexity index is 789. The summed E-state index contributed by atoms with van der Waals surface area (Å²) in [6, 6.07) is 9.08. The summed E-state index contributed by atoms with van der Waals surface area (Å²) in [5.41, 5.74) is -1.63. The van der Waals surface area contributed by atoms with Crippen LogP contribution in [0, 0.1) is 0 Å². The topological polar surface area (TPSA) is 91.3 Å². The highest BCUT2D eigenvalue weighted by Gasteiger charge is 2.59. The fourth-order valence-electron chi connectivity index (χ4n) is 2.81. The summed E-state index contributed by atoms with van der Waals surface area (Å²) in [4.78, 5) is 25.3. The zero-order valence-corrected chi connectivity index (χ0v) is 14.9. The van der Waals surface area contributed by atoms with Gasteiger partial charge >= 0.3 is 5.97 Å². The van der Waals surface area contributed by atoms with E-state index in [-0.39, 0.29) is 17.1 Å². The van der Waals surface area contributed by atoms with Gasteiger partial charge in [0.15, 0.2) is 17.3 Å². The molecule has 1 atom stereocenters. The van der Waals surface area contributed by atoms with Gasteiger partial charge in [-0.15, -0.1) is 0 Å². The highest BCUT2D eigenvalue weighted by Crippen LogP contribution is 2.44. The Morgan fingerprint density at radius 2 is 1.69 bits per heavy atom. The molecule has 0 fully saturated rings. The summed E-state index contributed by atoms with van der Waals surface area (Å²) < 4.78 is 20.4. The molecule has 0 saturated carbocycles. The Morgan fingerprint density at radius 3 is 2.19 bits per heavy atom. The van der Waals surface area contributed by atoms with Crippen molar-refractivity contribution in [2.24, 2.45) is 0 Å². The summed E-state index contributed by atoms with van der Waals surface area (Å²) >= 11 is 0. The van der Waals surface area contributed by atoms with Crippen LogP contribution in [0.15, 0.2) is 59.3 Å². The van der Waals surface area contributed by atoms with E-state index in [0.29, 0.717) is 0 Å². The first-order valence-electron chi connectivity index (χ1n) is 7.65. The number of benzene rings is 1. The number of esters is 1. The van der Waals surface area contributed by atoms with E-state index in [4.69, 9.17) is 18.9 Å². The highest BCUT2D eigenvalue weighted by molar-refractivity contribution is 6.14. The molecule has 1 aromatic rings. The Morgan fingerprint density at radius 1 is 1.04 bits per heavy atom. The van der Waals surface area contributed by atoms with E-state index < -0.39 is 23.1 Å². The molecular weight excluding hydrogens is 340 g/mol. The van der Waals surface area contributed by atoms with E-state index in [1.807, 2.05) is 18.2 Å². The van der Waals surface area contributed by atoms with E-state index in [0.717, 1.165) is 12.7 Å². The van der Waals surface area contributed by atoms with Crippen molar-refractivity contribution in [1.29, 1.82) is 0 Å². The standard InChI is InChI=1S/C19H20O7/c1-23-16-15(21)14(13(20)11-10-12-8-6-5-7-9-12)19(26-4,17(16)24-2)18(22)25-3/h5-11,21H,1-4H3. The van der Waals surface area contributed by atoms with Crippen LogP contribution in [0.1, 0.15) is 5.56 Å². The number of aliphatic hydroxyl groups is 1. The number of carbonyl (C=O) groups excluding carboxylic acids is 2. The number of aliphatic hydroxyl groups excluding tert-OH is 1. The van der Waals surface area contributed by atoms with Gasteiger partial charge in [0.2, 0.25) is 5.76 Å². The lowest BCUT2D eigenvalue weighted by molar-refractivity contribution is -0.161. The van der Waals surface area contributed by atoms with Crippen molar-refractivity contribution in [2.75, 3.05) is 28.4 Å². The lowest BCUT2D eigenvalue weighted by Crippen LogP contribution is -2.46. The molecule has 0 spiro atoms. The zero-order valence-electron chi connectivity index (χ0n) is 14.9. The third-order valence-electron chi connectivity index (χ3n) is 3.99. The fourth-order valence-corrected chi connectivity index (χ4v) is 2.81. The average molecular weight is 360 g/mol. The van der Waals surface area contributed by atoms with E-state index in [1.54, 1.807) is 18.2 Å². The first-order chi connectivity index (χ1) is 12.5. The summed E-state index contributed by atoms with van der Waals surface area (Å²) in [6.45, 7) is 0. The van der Waals surface area contributed by atoms with E-state index in [2.05, 4.69) is 0 Å². The Labute approximate surface area is 151 Å². The molecule has 0 amide bonds. The molecule has 7 nitrogen and oxygen atoms in total. The van der Waals surface area contributed by atoms with Crippen molar-refractivity contribution in [3.05, 3.63) is 64.8 Å². The number of carbonyl (C=O) groups is 2. The molecule has 1 aliphatic rings. The molecule has 1 aliphatic carbocycles. The lowest BCUT2D eigenvalue weighted by atomic mass is 9.91. The predicted molar refractivity (Wildman–Crippen MR) is 92.9 cm³/mol. The molecule has 0 heterocycles. The smallest absolute Gasteiger partial charge is 0.351 e. The first kappa shape index (κ1) is 19.3. The highest BCUT2D eigenvalue weighted by atomic mass is 16.6. The quantitative estimate of drug-likeness (QED) is 0.588. The third kappa shape index (κ3) is 2.97. The van der Waals surface area contributed by atoms with Gasteiger partial charge < -0.3 is 24.1 Å². The van der Waals surface area contributed by atoms with Gasteiger partial charge in [0, 0.05) is 7.11 Å². The molecule has 1 unspecified atom stereocenters.